The first-order chi connectivity index (χ1) is 11.5. The van der Waals surface area contributed by atoms with E-state index in [1.165, 1.54) is 12.1 Å². The van der Waals surface area contributed by atoms with Crippen molar-refractivity contribution in [3.05, 3.63) is 35.6 Å². The van der Waals surface area contributed by atoms with Gasteiger partial charge in [-0.25, -0.2) is 4.39 Å². The first-order valence-corrected chi connectivity index (χ1v) is 8.53. The molecule has 0 aromatic heterocycles. The van der Waals surface area contributed by atoms with E-state index in [4.69, 9.17) is 4.74 Å². The molecule has 0 atom stereocenters. The Labute approximate surface area is 167 Å². The number of aliphatic imine (C=N–C) groups is 1. The Morgan fingerprint density at radius 2 is 1.84 bits per heavy atom. The molecule has 0 radical (unpaired) electrons. The molecule has 0 unspecified atom stereocenters. The summed E-state index contributed by atoms with van der Waals surface area (Å²) in [7, 11) is 1.77. The molecule has 1 aliphatic rings. The van der Waals surface area contributed by atoms with Crippen molar-refractivity contribution in [2.24, 2.45) is 4.99 Å². The van der Waals surface area contributed by atoms with Gasteiger partial charge in [0.2, 0.25) is 0 Å². The molecule has 2 rings (SSSR count). The highest BCUT2D eigenvalue weighted by atomic mass is 127. The molecule has 1 fully saturated rings. The molecule has 0 amide bonds. The summed E-state index contributed by atoms with van der Waals surface area (Å²) in [6, 6.07) is 6.62. The maximum atomic E-state index is 12.9. The van der Waals surface area contributed by atoms with Crippen LogP contribution in [0.3, 0.4) is 0 Å². The number of hydrogen-bond acceptors (Lipinski definition) is 3. The highest BCUT2D eigenvalue weighted by Crippen LogP contribution is 2.14. The monoisotopic (exact) mass is 464 g/mol. The lowest BCUT2D eigenvalue weighted by Gasteiger charge is -2.41. The highest BCUT2D eigenvalue weighted by Gasteiger charge is 2.28. The van der Waals surface area contributed by atoms with E-state index in [2.05, 4.69) is 34.4 Å². The fourth-order valence-electron chi connectivity index (χ4n) is 2.78. The molecule has 5 nitrogen and oxygen atoms in total. The van der Waals surface area contributed by atoms with Crippen LogP contribution in [0.1, 0.15) is 19.4 Å². The van der Waals surface area contributed by atoms with E-state index >= 15 is 0 Å². The summed E-state index contributed by atoms with van der Waals surface area (Å²) in [5.74, 6) is 0.591. The van der Waals surface area contributed by atoms with Crippen LogP contribution >= 0.6 is 24.0 Å². The molecule has 25 heavy (non-hydrogen) atoms. The minimum atomic E-state index is -0.200. The Balaban J connectivity index is 0.00000312. The number of nitrogens with one attached hydrogen (secondary N) is 2. The third-order valence-electron chi connectivity index (χ3n) is 4.40. The van der Waals surface area contributed by atoms with Crippen LogP contribution in [-0.2, 0) is 11.2 Å². The van der Waals surface area contributed by atoms with E-state index in [1.807, 2.05) is 12.1 Å². The second kappa shape index (κ2) is 10.9. The average Bonchev–Trinajstić information content (AvgIpc) is 2.60. The largest absolute Gasteiger partial charge is 0.379 e. The zero-order chi connectivity index (χ0) is 17.4. The number of nitrogens with zero attached hydrogens (tertiary/aromatic N) is 2. The second-order valence-corrected chi connectivity index (χ2v) is 6.64. The molecular formula is C18H30FIN4O. The molecule has 0 spiro atoms. The Hall–Kier alpha value is -0.930. The highest BCUT2D eigenvalue weighted by molar-refractivity contribution is 14.0. The van der Waals surface area contributed by atoms with E-state index in [0.717, 1.165) is 57.3 Å². The Kier molecular flexibility index (Phi) is 9.66. The topological polar surface area (TPSA) is 48.9 Å². The van der Waals surface area contributed by atoms with Crippen molar-refractivity contribution in [1.82, 2.24) is 15.5 Å². The maximum absolute atomic E-state index is 12.9. The summed E-state index contributed by atoms with van der Waals surface area (Å²) in [6.07, 6.45) is 0.827. The standard InChI is InChI=1S/C18H29FN4O.HI/c1-18(2,23-10-12-24-13-11-23)14-22-17(20-3)21-9-8-15-4-6-16(19)7-5-15;/h4-7H,8-14H2,1-3H3,(H2,20,21,22);1H. The lowest BCUT2D eigenvalue weighted by Crippen LogP contribution is -2.56. The molecular weight excluding hydrogens is 434 g/mol. The quantitative estimate of drug-likeness (QED) is 0.386. The van der Waals surface area contributed by atoms with Gasteiger partial charge in [0.05, 0.1) is 13.2 Å². The van der Waals surface area contributed by atoms with E-state index in [-0.39, 0.29) is 35.3 Å². The van der Waals surface area contributed by atoms with Crippen LogP contribution in [0.4, 0.5) is 4.39 Å². The van der Waals surface area contributed by atoms with Gasteiger partial charge in [-0.2, -0.15) is 0 Å². The summed E-state index contributed by atoms with van der Waals surface area (Å²) < 4.78 is 18.3. The van der Waals surface area contributed by atoms with Crippen molar-refractivity contribution in [3.8, 4) is 0 Å². The number of ether oxygens (including phenoxy) is 1. The van der Waals surface area contributed by atoms with Crippen LogP contribution in [0.5, 0.6) is 0 Å². The van der Waals surface area contributed by atoms with Crippen molar-refractivity contribution in [3.63, 3.8) is 0 Å². The van der Waals surface area contributed by atoms with Crippen LogP contribution in [0, 0.1) is 5.82 Å². The van der Waals surface area contributed by atoms with Gasteiger partial charge in [-0.3, -0.25) is 9.89 Å². The summed E-state index contributed by atoms with van der Waals surface area (Å²) in [6.45, 7) is 9.56. The Morgan fingerprint density at radius 1 is 1.20 bits per heavy atom. The fourth-order valence-corrected chi connectivity index (χ4v) is 2.78. The third-order valence-corrected chi connectivity index (χ3v) is 4.40. The van der Waals surface area contributed by atoms with E-state index < -0.39 is 0 Å². The summed E-state index contributed by atoms with van der Waals surface area (Å²) >= 11 is 0. The minimum absolute atomic E-state index is 0. The fraction of sp³-hybridized carbons (Fsp3) is 0.611. The SMILES string of the molecule is CN=C(NCCc1ccc(F)cc1)NCC(C)(C)N1CCOCC1.I. The van der Waals surface area contributed by atoms with Crippen molar-refractivity contribution >= 4 is 29.9 Å². The number of rotatable bonds is 6. The Bertz CT molecular complexity index is 530. The maximum Gasteiger partial charge on any atom is 0.191 e. The molecule has 1 aromatic carbocycles. The molecule has 0 saturated carbocycles. The number of guanidine groups is 1. The van der Waals surface area contributed by atoms with Gasteiger partial charge < -0.3 is 15.4 Å². The van der Waals surface area contributed by atoms with Crippen LogP contribution in [0.2, 0.25) is 0 Å². The summed E-state index contributed by atoms with van der Waals surface area (Å²) in [5.41, 5.74) is 1.14. The first-order valence-electron chi connectivity index (χ1n) is 8.53. The molecule has 7 heteroatoms. The molecule has 0 aliphatic carbocycles. The van der Waals surface area contributed by atoms with Gasteiger partial charge >= 0.3 is 0 Å². The molecule has 2 N–H and O–H groups in total. The van der Waals surface area contributed by atoms with Crippen molar-refractivity contribution in [2.45, 2.75) is 25.8 Å². The van der Waals surface area contributed by atoms with Gasteiger partial charge in [-0.05, 0) is 38.0 Å². The Morgan fingerprint density at radius 3 is 2.44 bits per heavy atom. The summed E-state index contributed by atoms with van der Waals surface area (Å²) in [5, 5.41) is 6.71. The summed E-state index contributed by atoms with van der Waals surface area (Å²) in [4.78, 5) is 6.71. The molecule has 1 aliphatic heterocycles. The van der Waals surface area contributed by atoms with Gasteiger partial charge in [0.15, 0.2) is 5.96 Å². The van der Waals surface area contributed by atoms with Crippen molar-refractivity contribution < 1.29 is 9.13 Å². The van der Waals surface area contributed by atoms with E-state index in [0.29, 0.717) is 0 Å². The minimum Gasteiger partial charge on any atom is -0.379 e. The number of hydrogen-bond donors (Lipinski definition) is 2. The normalized spacial score (nSPS) is 16.2. The number of benzene rings is 1. The lowest BCUT2D eigenvalue weighted by atomic mass is 10.0. The predicted octanol–water partition coefficient (Wildman–Crippen LogP) is 2.26. The van der Waals surface area contributed by atoms with Crippen LogP contribution in [-0.4, -0.2) is 62.8 Å². The van der Waals surface area contributed by atoms with Crippen molar-refractivity contribution in [1.29, 1.82) is 0 Å². The van der Waals surface area contributed by atoms with Crippen LogP contribution < -0.4 is 10.6 Å². The average molecular weight is 464 g/mol. The molecule has 1 saturated heterocycles. The van der Waals surface area contributed by atoms with Gasteiger partial charge in [0.25, 0.3) is 0 Å². The predicted molar refractivity (Wildman–Crippen MR) is 111 cm³/mol. The van der Waals surface area contributed by atoms with Gasteiger partial charge in [0.1, 0.15) is 5.82 Å². The van der Waals surface area contributed by atoms with E-state index in [9.17, 15) is 4.39 Å². The van der Waals surface area contributed by atoms with E-state index in [1.54, 1.807) is 7.05 Å². The first kappa shape index (κ1) is 22.1. The smallest absolute Gasteiger partial charge is 0.191 e. The van der Waals surface area contributed by atoms with Crippen LogP contribution in [0.15, 0.2) is 29.3 Å². The zero-order valence-corrected chi connectivity index (χ0v) is 17.7. The molecule has 0 bridgehead atoms. The lowest BCUT2D eigenvalue weighted by molar-refractivity contribution is -0.00833. The number of halogens is 2. The molecule has 1 aromatic rings. The third kappa shape index (κ3) is 7.45. The van der Waals surface area contributed by atoms with Gasteiger partial charge in [0, 0.05) is 38.8 Å². The van der Waals surface area contributed by atoms with Crippen LogP contribution in [0.25, 0.3) is 0 Å². The number of morpholine rings is 1. The van der Waals surface area contributed by atoms with Gasteiger partial charge in [-0.15, -0.1) is 24.0 Å². The van der Waals surface area contributed by atoms with Gasteiger partial charge in [-0.1, -0.05) is 12.1 Å². The van der Waals surface area contributed by atoms with Crippen molar-refractivity contribution in [2.75, 3.05) is 46.4 Å². The second-order valence-electron chi connectivity index (χ2n) is 6.64. The molecule has 1 heterocycles. The molecule has 142 valence electrons. The zero-order valence-electron chi connectivity index (χ0n) is 15.3.